The number of rotatable bonds is 7. The zero-order valence-corrected chi connectivity index (χ0v) is 17.3. The molecule has 0 radical (unpaired) electrons. The van der Waals surface area contributed by atoms with Crippen LogP contribution in [0.15, 0.2) is 48.5 Å². The van der Waals surface area contributed by atoms with Gasteiger partial charge in [0.2, 0.25) is 0 Å². The van der Waals surface area contributed by atoms with E-state index in [1.807, 2.05) is 36.4 Å². The van der Waals surface area contributed by atoms with Gasteiger partial charge >= 0.3 is 0 Å². The van der Waals surface area contributed by atoms with E-state index >= 15 is 0 Å². The first-order chi connectivity index (χ1) is 15.1. The number of fused-ring (bicyclic) bond motifs is 1. The Kier molecular flexibility index (Phi) is 7.31. The van der Waals surface area contributed by atoms with Crippen LogP contribution in [0.25, 0.3) is 0 Å². The van der Waals surface area contributed by atoms with E-state index in [1.54, 1.807) is 12.1 Å². The van der Waals surface area contributed by atoms with Crippen molar-refractivity contribution in [1.29, 1.82) is 0 Å². The van der Waals surface area contributed by atoms with Crippen molar-refractivity contribution in [3.63, 3.8) is 0 Å². The van der Waals surface area contributed by atoms with Crippen molar-refractivity contribution in [2.45, 2.75) is 56.8 Å². The summed E-state index contributed by atoms with van der Waals surface area (Å²) in [5, 5.41) is 29.7. The third-order valence-electron chi connectivity index (χ3n) is 5.67. The van der Waals surface area contributed by atoms with Crippen molar-refractivity contribution in [3.8, 4) is 0 Å². The van der Waals surface area contributed by atoms with Crippen LogP contribution < -0.4 is 0 Å². The molecular weight excluding hydrogens is 404 g/mol. The number of hydrogen-bond donors (Lipinski definition) is 3. The summed E-state index contributed by atoms with van der Waals surface area (Å²) in [6.45, 7) is 0.125. The molecule has 8 nitrogen and oxygen atoms in total. The van der Waals surface area contributed by atoms with Gasteiger partial charge in [0.15, 0.2) is 12.6 Å². The average molecular weight is 432 g/mol. The third-order valence-corrected chi connectivity index (χ3v) is 5.67. The van der Waals surface area contributed by atoms with Crippen molar-refractivity contribution in [2.24, 2.45) is 0 Å². The lowest BCUT2D eigenvalue weighted by atomic mass is 9.97. The van der Waals surface area contributed by atoms with Crippen molar-refractivity contribution >= 4 is 0 Å². The highest BCUT2D eigenvalue weighted by Gasteiger charge is 2.50. The van der Waals surface area contributed by atoms with E-state index in [1.165, 1.54) is 7.11 Å². The Morgan fingerprint density at radius 2 is 1.77 bits per heavy atom. The summed E-state index contributed by atoms with van der Waals surface area (Å²) in [6, 6.07) is 14.9. The Morgan fingerprint density at radius 1 is 1.00 bits per heavy atom. The Balaban J connectivity index is 1.51. The molecule has 0 saturated carbocycles. The minimum absolute atomic E-state index is 0.149. The summed E-state index contributed by atoms with van der Waals surface area (Å²) < 4.78 is 29.2. The number of hydrogen-bond acceptors (Lipinski definition) is 8. The standard InChI is InChI=1S/C23H28O8/c1-27-23-19(26)21(28-12-14-7-8-16(10-24)17(9-14)11-25)20-18(30-23)13-29-22(31-20)15-5-3-2-4-6-15/h2-9,18-26H,10-13H2,1H3/t18?,19-,20?,21-,22?,23?/m1/s1. The maximum atomic E-state index is 10.8. The van der Waals surface area contributed by atoms with Gasteiger partial charge in [0, 0.05) is 12.7 Å². The molecule has 0 aliphatic carbocycles. The molecule has 3 N–H and O–H groups in total. The lowest BCUT2D eigenvalue weighted by Gasteiger charge is -2.47. The van der Waals surface area contributed by atoms with E-state index in [9.17, 15) is 15.3 Å². The summed E-state index contributed by atoms with van der Waals surface area (Å²) in [5.74, 6) is 0. The molecule has 0 spiro atoms. The van der Waals surface area contributed by atoms with E-state index in [0.717, 1.165) is 11.1 Å². The Morgan fingerprint density at radius 3 is 2.48 bits per heavy atom. The minimum Gasteiger partial charge on any atom is -0.392 e. The Hall–Kier alpha value is -1.88. The van der Waals surface area contributed by atoms with Gasteiger partial charge in [0.1, 0.15) is 24.4 Å². The van der Waals surface area contributed by atoms with Crippen LogP contribution in [0, 0.1) is 0 Å². The van der Waals surface area contributed by atoms with Gasteiger partial charge in [-0.05, 0) is 16.7 Å². The lowest BCUT2D eigenvalue weighted by Crippen LogP contribution is -2.62. The molecule has 31 heavy (non-hydrogen) atoms. The van der Waals surface area contributed by atoms with Gasteiger partial charge in [0.05, 0.1) is 26.4 Å². The van der Waals surface area contributed by atoms with Gasteiger partial charge in [-0.15, -0.1) is 0 Å². The molecule has 2 saturated heterocycles. The van der Waals surface area contributed by atoms with E-state index in [4.69, 9.17) is 23.7 Å². The second-order valence-corrected chi connectivity index (χ2v) is 7.64. The third kappa shape index (κ3) is 4.82. The summed E-state index contributed by atoms with van der Waals surface area (Å²) in [5.41, 5.74) is 2.97. The van der Waals surface area contributed by atoms with E-state index < -0.39 is 37.0 Å². The summed E-state index contributed by atoms with van der Waals surface area (Å²) >= 11 is 0. The molecule has 0 aromatic heterocycles. The molecule has 2 aromatic rings. The second-order valence-electron chi connectivity index (χ2n) is 7.64. The highest BCUT2D eigenvalue weighted by atomic mass is 16.8. The fourth-order valence-corrected chi connectivity index (χ4v) is 3.99. The maximum absolute atomic E-state index is 10.8. The molecule has 2 aliphatic rings. The normalized spacial score (nSPS) is 30.7. The quantitative estimate of drug-likeness (QED) is 0.603. The smallest absolute Gasteiger partial charge is 0.186 e. The predicted molar refractivity (Wildman–Crippen MR) is 109 cm³/mol. The molecule has 0 amide bonds. The van der Waals surface area contributed by atoms with E-state index in [-0.39, 0.29) is 26.4 Å². The van der Waals surface area contributed by atoms with Crippen LogP contribution >= 0.6 is 0 Å². The Labute approximate surface area is 180 Å². The van der Waals surface area contributed by atoms with Crippen molar-refractivity contribution in [1.82, 2.24) is 0 Å². The van der Waals surface area contributed by atoms with E-state index in [0.29, 0.717) is 11.1 Å². The van der Waals surface area contributed by atoms with Crippen LogP contribution in [0.3, 0.4) is 0 Å². The van der Waals surface area contributed by atoms with Crippen LogP contribution in [0.5, 0.6) is 0 Å². The first-order valence-electron chi connectivity index (χ1n) is 10.3. The summed E-state index contributed by atoms with van der Waals surface area (Å²) in [4.78, 5) is 0. The predicted octanol–water partition coefficient (Wildman–Crippen LogP) is 1.40. The van der Waals surface area contributed by atoms with Crippen molar-refractivity contribution in [2.75, 3.05) is 13.7 Å². The molecule has 168 valence electrons. The zero-order valence-electron chi connectivity index (χ0n) is 17.3. The first-order valence-corrected chi connectivity index (χ1v) is 10.3. The molecule has 4 rings (SSSR count). The van der Waals surface area contributed by atoms with E-state index in [2.05, 4.69) is 0 Å². The Bertz CT molecular complexity index is 845. The maximum Gasteiger partial charge on any atom is 0.186 e. The lowest BCUT2D eigenvalue weighted by molar-refractivity contribution is -0.363. The molecule has 2 heterocycles. The zero-order chi connectivity index (χ0) is 21.8. The molecule has 8 heteroatoms. The van der Waals surface area contributed by atoms with Gasteiger partial charge in [-0.2, -0.15) is 0 Å². The van der Waals surface area contributed by atoms with Crippen LogP contribution in [-0.4, -0.2) is 59.7 Å². The number of benzene rings is 2. The number of aliphatic hydroxyl groups excluding tert-OH is 3. The topological polar surface area (TPSA) is 107 Å². The monoisotopic (exact) mass is 432 g/mol. The number of methoxy groups -OCH3 is 1. The van der Waals surface area contributed by atoms with Gasteiger partial charge in [-0.3, -0.25) is 0 Å². The van der Waals surface area contributed by atoms with Crippen LogP contribution in [-0.2, 0) is 43.5 Å². The van der Waals surface area contributed by atoms with Crippen LogP contribution in [0.2, 0.25) is 0 Å². The van der Waals surface area contributed by atoms with Gasteiger partial charge in [-0.25, -0.2) is 0 Å². The van der Waals surface area contributed by atoms with Gasteiger partial charge in [0.25, 0.3) is 0 Å². The summed E-state index contributed by atoms with van der Waals surface area (Å²) in [6.07, 6.45) is -4.24. The fraction of sp³-hybridized carbons (Fsp3) is 0.478. The van der Waals surface area contributed by atoms with Crippen molar-refractivity contribution in [3.05, 3.63) is 70.8 Å². The first kappa shape index (κ1) is 22.3. The second kappa shape index (κ2) is 10.2. The highest BCUT2D eigenvalue weighted by molar-refractivity contribution is 5.31. The van der Waals surface area contributed by atoms with Gasteiger partial charge < -0.3 is 39.0 Å². The molecule has 6 atom stereocenters. The number of aliphatic hydroxyl groups is 3. The SMILES string of the molecule is COC1OC2COC(c3ccccc3)OC2[C@H](OCc2ccc(CO)c(CO)c2)[C@H]1O. The van der Waals surface area contributed by atoms with Gasteiger partial charge in [-0.1, -0.05) is 48.5 Å². The minimum atomic E-state index is -1.06. The van der Waals surface area contributed by atoms with Crippen LogP contribution in [0.1, 0.15) is 28.5 Å². The molecule has 2 aliphatic heterocycles. The molecule has 4 unspecified atom stereocenters. The molecule has 2 aromatic carbocycles. The number of ether oxygens (including phenoxy) is 5. The highest BCUT2D eigenvalue weighted by Crippen LogP contribution is 2.35. The van der Waals surface area contributed by atoms with Crippen molar-refractivity contribution < 1.29 is 39.0 Å². The molecule has 0 bridgehead atoms. The van der Waals surface area contributed by atoms with Crippen LogP contribution in [0.4, 0.5) is 0 Å². The molecular formula is C23H28O8. The average Bonchev–Trinajstić information content (AvgIpc) is 2.83. The largest absolute Gasteiger partial charge is 0.392 e. The summed E-state index contributed by atoms with van der Waals surface area (Å²) in [7, 11) is 1.46. The fourth-order valence-electron chi connectivity index (χ4n) is 3.99. The molecule has 2 fully saturated rings.